The zero-order valence-corrected chi connectivity index (χ0v) is 11.4. The van der Waals surface area contributed by atoms with Crippen LogP contribution in [0.3, 0.4) is 0 Å². The Morgan fingerprint density at radius 3 is 2.58 bits per heavy atom. The summed E-state index contributed by atoms with van der Waals surface area (Å²) in [6.07, 6.45) is 0. The normalized spacial score (nSPS) is 11.6. The Bertz CT molecular complexity index is 572. The fourth-order valence-electron chi connectivity index (χ4n) is 1.37. The summed E-state index contributed by atoms with van der Waals surface area (Å²) in [5, 5.41) is 11.4. The number of sulfonamides is 1. The highest BCUT2D eigenvalue weighted by atomic mass is 32.2. The molecule has 0 atom stereocenters. The summed E-state index contributed by atoms with van der Waals surface area (Å²) in [7, 11) is -0.633. The number of hydrogen-bond donors (Lipinski definition) is 2. The van der Waals surface area contributed by atoms with Gasteiger partial charge in [0.25, 0.3) is 0 Å². The van der Waals surface area contributed by atoms with E-state index in [-0.39, 0.29) is 23.5 Å². The molecule has 0 radical (unpaired) electrons. The number of halogens is 1. The van der Waals surface area contributed by atoms with Gasteiger partial charge < -0.3 is 10.4 Å². The molecule has 0 saturated carbocycles. The summed E-state index contributed by atoms with van der Waals surface area (Å²) in [6.45, 7) is -0.0816. The molecule has 0 aliphatic heterocycles. The zero-order chi connectivity index (χ0) is 14.6. The predicted octanol–water partition coefficient (Wildman–Crippen LogP) is 0.827. The van der Waals surface area contributed by atoms with Crippen molar-refractivity contribution in [3.05, 3.63) is 29.6 Å². The van der Waals surface area contributed by atoms with Gasteiger partial charge in [0.15, 0.2) is 0 Å². The van der Waals surface area contributed by atoms with Crippen LogP contribution in [-0.4, -0.2) is 50.2 Å². The number of benzene rings is 1. The van der Waals surface area contributed by atoms with Gasteiger partial charge in [0.1, 0.15) is 5.82 Å². The van der Waals surface area contributed by atoms with Crippen molar-refractivity contribution in [1.82, 2.24) is 4.31 Å². The van der Waals surface area contributed by atoms with E-state index in [0.717, 1.165) is 10.4 Å². The van der Waals surface area contributed by atoms with Gasteiger partial charge in [-0.3, -0.25) is 0 Å². The number of hydrogen-bond acceptors (Lipinski definition) is 4. The number of rotatable bonds is 6. The maximum atomic E-state index is 13.5. The lowest BCUT2D eigenvalue weighted by molar-refractivity contribution is 0.0697. The molecule has 0 amide bonds. The smallest absolute Gasteiger partial charge is 0.337 e. The van der Waals surface area contributed by atoms with Crippen LogP contribution in [0.15, 0.2) is 18.2 Å². The molecule has 1 rings (SSSR count). The summed E-state index contributed by atoms with van der Waals surface area (Å²) in [5.74, 6) is -2.27. The average molecular weight is 290 g/mol. The van der Waals surface area contributed by atoms with E-state index in [1.807, 2.05) is 0 Å². The minimum Gasteiger partial charge on any atom is -0.478 e. The molecular weight excluding hydrogens is 275 g/mol. The highest BCUT2D eigenvalue weighted by Crippen LogP contribution is 2.19. The molecule has 0 aliphatic carbocycles. The third kappa shape index (κ3) is 3.90. The summed E-state index contributed by atoms with van der Waals surface area (Å²) in [4.78, 5) is 10.9. The highest BCUT2D eigenvalue weighted by molar-refractivity contribution is 7.89. The van der Waals surface area contributed by atoms with Gasteiger partial charge in [0.05, 0.1) is 17.0 Å². The Morgan fingerprint density at radius 2 is 2.05 bits per heavy atom. The van der Waals surface area contributed by atoms with Crippen molar-refractivity contribution in [2.75, 3.05) is 31.7 Å². The van der Waals surface area contributed by atoms with E-state index in [4.69, 9.17) is 5.11 Å². The summed E-state index contributed by atoms with van der Waals surface area (Å²) in [5.41, 5.74) is -0.439. The van der Waals surface area contributed by atoms with Crippen LogP contribution in [0.5, 0.6) is 0 Å². The first-order chi connectivity index (χ1) is 8.75. The number of nitrogens with zero attached hydrogens (tertiary/aromatic N) is 1. The van der Waals surface area contributed by atoms with Crippen LogP contribution in [-0.2, 0) is 10.0 Å². The maximum Gasteiger partial charge on any atom is 0.337 e. The number of carbonyl (C=O) groups is 1. The fourth-order valence-corrected chi connectivity index (χ4v) is 2.09. The largest absolute Gasteiger partial charge is 0.478 e. The topological polar surface area (TPSA) is 86.7 Å². The molecule has 0 heterocycles. The standard InChI is InChI=1S/C11H15FN2O4S/c1-14(2)19(17,18)7-6-13-10-8(11(15)16)4-3-5-9(10)12/h3-5,13H,6-7H2,1-2H3,(H,15,16). The van der Waals surface area contributed by atoms with Gasteiger partial charge >= 0.3 is 5.97 Å². The Balaban J connectivity index is 2.82. The SMILES string of the molecule is CN(C)S(=O)(=O)CCNc1c(F)cccc1C(=O)O. The van der Waals surface area contributed by atoms with Gasteiger partial charge in [0, 0.05) is 20.6 Å². The second-order valence-electron chi connectivity index (χ2n) is 3.99. The van der Waals surface area contributed by atoms with E-state index in [9.17, 15) is 17.6 Å². The number of para-hydroxylation sites is 1. The number of carboxylic acids is 1. The number of nitrogens with one attached hydrogen (secondary N) is 1. The van der Waals surface area contributed by atoms with E-state index in [2.05, 4.69) is 5.32 Å². The molecule has 2 N–H and O–H groups in total. The average Bonchev–Trinajstić information content (AvgIpc) is 2.30. The summed E-state index contributed by atoms with van der Waals surface area (Å²) < 4.78 is 37.6. The van der Waals surface area contributed by atoms with Crippen LogP contribution < -0.4 is 5.32 Å². The molecule has 0 bridgehead atoms. The molecule has 0 saturated heterocycles. The third-order valence-corrected chi connectivity index (χ3v) is 4.29. The monoisotopic (exact) mass is 290 g/mol. The maximum absolute atomic E-state index is 13.5. The minimum atomic E-state index is -3.41. The van der Waals surface area contributed by atoms with Gasteiger partial charge in [0.2, 0.25) is 10.0 Å². The van der Waals surface area contributed by atoms with Crippen LogP contribution in [0.1, 0.15) is 10.4 Å². The Labute approximate surface area is 110 Å². The van der Waals surface area contributed by atoms with Crippen molar-refractivity contribution in [1.29, 1.82) is 0 Å². The molecule has 1 aromatic carbocycles. The Hall–Kier alpha value is -1.67. The zero-order valence-electron chi connectivity index (χ0n) is 10.6. The first-order valence-corrected chi connectivity index (χ1v) is 7.02. The molecular formula is C11H15FN2O4S. The Morgan fingerprint density at radius 1 is 1.42 bits per heavy atom. The number of anilines is 1. The van der Waals surface area contributed by atoms with Gasteiger partial charge in [-0.15, -0.1) is 0 Å². The first kappa shape index (κ1) is 15.4. The lowest BCUT2D eigenvalue weighted by Crippen LogP contribution is -2.28. The quantitative estimate of drug-likeness (QED) is 0.810. The van der Waals surface area contributed by atoms with Gasteiger partial charge in [-0.1, -0.05) is 6.07 Å². The van der Waals surface area contributed by atoms with Gasteiger partial charge in [-0.2, -0.15) is 0 Å². The fraction of sp³-hybridized carbons (Fsp3) is 0.364. The van der Waals surface area contributed by atoms with Crippen LogP contribution in [0, 0.1) is 5.82 Å². The van der Waals surface area contributed by atoms with Crippen molar-refractivity contribution in [3.63, 3.8) is 0 Å². The predicted molar refractivity (Wildman–Crippen MR) is 69.3 cm³/mol. The van der Waals surface area contributed by atoms with E-state index in [1.54, 1.807) is 0 Å². The number of aromatic carboxylic acids is 1. The molecule has 106 valence electrons. The third-order valence-electron chi connectivity index (χ3n) is 2.46. The van der Waals surface area contributed by atoms with Gasteiger partial charge in [-0.25, -0.2) is 21.9 Å². The molecule has 0 aromatic heterocycles. The first-order valence-electron chi connectivity index (χ1n) is 5.41. The Kier molecular flexibility index (Phi) is 4.84. The lowest BCUT2D eigenvalue weighted by Gasteiger charge is -2.13. The molecule has 6 nitrogen and oxygen atoms in total. The van der Waals surface area contributed by atoms with Crippen molar-refractivity contribution in [3.8, 4) is 0 Å². The minimum absolute atomic E-state index is 0.0816. The van der Waals surface area contributed by atoms with Crippen molar-refractivity contribution < 1.29 is 22.7 Å². The van der Waals surface area contributed by atoms with Crippen molar-refractivity contribution in [2.24, 2.45) is 0 Å². The summed E-state index contributed by atoms with van der Waals surface area (Å²) >= 11 is 0. The van der Waals surface area contributed by atoms with E-state index in [0.29, 0.717) is 0 Å². The second-order valence-corrected chi connectivity index (χ2v) is 6.30. The molecule has 0 aliphatic rings. The molecule has 0 unspecified atom stereocenters. The van der Waals surface area contributed by atoms with E-state index >= 15 is 0 Å². The highest BCUT2D eigenvalue weighted by Gasteiger charge is 2.16. The lowest BCUT2D eigenvalue weighted by atomic mass is 10.1. The second kappa shape index (κ2) is 5.98. The van der Waals surface area contributed by atoms with Gasteiger partial charge in [-0.05, 0) is 12.1 Å². The molecule has 0 spiro atoms. The number of carboxylic acid groups (broad SMARTS) is 1. The molecule has 0 fully saturated rings. The van der Waals surface area contributed by atoms with Crippen LogP contribution in [0.4, 0.5) is 10.1 Å². The van der Waals surface area contributed by atoms with Crippen molar-refractivity contribution >= 4 is 21.7 Å². The van der Waals surface area contributed by atoms with E-state index < -0.39 is 21.8 Å². The summed E-state index contributed by atoms with van der Waals surface area (Å²) in [6, 6.07) is 3.63. The van der Waals surface area contributed by atoms with E-state index in [1.165, 1.54) is 26.2 Å². The van der Waals surface area contributed by atoms with Crippen molar-refractivity contribution in [2.45, 2.75) is 0 Å². The molecule has 19 heavy (non-hydrogen) atoms. The molecule has 8 heteroatoms. The van der Waals surface area contributed by atoms with Crippen LogP contribution in [0.25, 0.3) is 0 Å². The van der Waals surface area contributed by atoms with Crippen LogP contribution in [0.2, 0.25) is 0 Å². The molecule has 1 aromatic rings. The van der Waals surface area contributed by atoms with Crippen LogP contribution >= 0.6 is 0 Å².